The van der Waals surface area contributed by atoms with Gasteiger partial charge in [0.2, 0.25) is 0 Å². The monoisotopic (exact) mass is 640 g/mol. The van der Waals surface area contributed by atoms with Crippen LogP contribution in [-0.2, 0) is 32.7 Å². The normalized spacial score (nSPS) is 23.1. The molecular formula is C38H62O2Zr. The summed E-state index contributed by atoms with van der Waals surface area (Å²) in [6.07, 6.45) is 30.1. The van der Waals surface area contributed by atoms with Gasteiger partial charge >= 0.3 is 267 Å². The van der Waals surface area contributed by atoms with Crippen LogP contribution in [0, 0.1) is 0 Å². The fourth-order valence-electron chi connectivity index (χ4n) is 7.34. The van der Waals surface area contributed by atoms with Gasteiger partial charge in [0.25, 0.3) is 0 Å². The van der Waals surface area contributed by atoms with Gasteiger partial charge in [0, 0.05) is 0 Å². The molecule has 0 aliphatic heterocycles. The Morgan fingerprint density at radius 1 is 0.561 bits per heavy atom. The molecule has 0 spiro atoms. The topological polar surface area (TPSA) is 18.5 Å². The van der Waals surface area contributed by atoms with Gasteiger partial charge in [-0.15, -0.1) is 0 Å². The van der Waals surface area contributed by atoms with Crippen LogP contribution >= 0.6 is 0 Å². The fraction of sp³-hybridized carbons (Fsp3) is 0.789. The Hall–Kier alpha value is -0.237. The summed E-state index contributed by atoms with van der Waals surface area (Å²) in [5, 5.41) is 0. The van der Waals surface area contributed by atoms with Crippen LogP contribution < -0.4 is 0 Å². The predicted molar refractivity (Wildman–Crippen MR) is 172 cm³/mol. The number of hydrogen-bond donors (Lipinski definition) is 0. The summed E-state index contributed by atoms with van der Waals surface area (Å²) >= 11 is -0.594. The first-order chi connectivity index (χ1) is 19.6. The summed E-state index contributed by atoms with van der Waals surface area (Å²) in [4.78, 5) is 0. The van der Waals surface area contributed by atoms with Crippen LogP contribution in [-0.4, -0.2) is 24.4 Å². The summed E-state index contributed by atoms with van der Waals surface area (Å²) < 4.78 is 13.6. The van der Waals surface area contributed by atoms with Crippen molar-refractivity contribution >= 4 is 0 Å². The maximum atomic E-state index is 5.93. The van der Waals surface area contributed by atoms with Crippen LogP contribution in [0.4, 0.5) is 0 Å². The van der Waals surface area contributed by atoms with Gasteiger partial charge in [0.05, 0.1) is 0 Å². The van der Waals surface area contributed by atoms with E-state index < -0.39 is 23.2 Å². The van der Waals surface area contributed by atoms with Crippen molar-refractivity contribution in [2.75, 3.05) is 13.2 Å². The molecule has 41 heavy (non-hydrogen) atoms. The average Bonchev–Trinajstić information content (AvgIpc) is 3.44. The third-order valence-electron chi connectivity index (χ3n) is 9.39. The molecule has 4 aliphatic rings. The zero-order valence-corrected chi connectivity index (χ0v) is 30.2. The maximum absolute atomic E-state index is 5.93. The van der Waals surface area contributed by atoms with Crippen molar-refractivity contribution in [2.24, 2.45) is 0 Å². The van der Waals surface area contributed by atoms with E-state index >= 15 is 0 Å². The Morgan fingerprint density at radius 2 is 0.951 bits per heavy atom. The summed E-state index contributed by atoms with van der Waals surface area (Å²) in [6, 6.07) is 0. The molecule has 0 N–H and O–H groups in total. The third kappa shape index (κ3) is 11.0. The van der Waals surface area contributed by atoms with Crippen LogP contribution in [0.1, 0.15) is 157 Å². The second kappa shape index (κ2) is 16.2. The Labute approximate surface area is 265 Å². The summed E-state index contributed by atoms with van der Waals surface area (Å²) in [5.41, 5.74) is 11.1. The first kappa shape index (κ1) is 33.7. The van der Waals surface area contributed by atoms with E-state index in [1.165, 1.54) is 116 Å². The van der Waals surface area contributed by atoms with Gasteiger partial charge in [-0.1, -0.05) is 0 Å². The van der Waals surface area contributed by atoms with Gasteiger partial charge in [-0.3, -0.25) is 0 Å². The van der Waals surface area contributed by atoms with Crippen molar-refractivity contribution in [3.05, 3.63) is 45.6 Å². The van der Waals surface area contributed by atoms with E-state index in [0.717, 1.165) is 20.5 Å². The molecule has 0 aromatic rings. The van der Waals surface area contributed by atoms with E-state index in [1.54, 1.807) is 11.1 Å². The minimum atomic E-state index is -0.594. The van der Waals surface area contributed by atoms with Gasteiger partial charge in [-0.2, -0.15) is 0 Å². The number of unbranched alkanes of at least 4 members (excludes halogenated alkanes) is 6. The number of rotatable bonds is 16. The molecule has 2 nitrogen and oxygen atoms in total. The summed E-state index contributed by atoms with van der Waals surface area (Å²) in [5.74, 6) is 0. The van der Waals surface area contributed by atoms with Gasteiger partial charge in [-0.25, -0.2) is 0 Å². The molecule has 2 atom stereocenters. The van der Waals surface area contributed by atoms with E-state index in [9.17, 15) is 0 Å². The van der Waals surface area contributed by atoms with Crippen molar-refractivity contribution in [3.8, 4) is 0 Å². The number of allylic oxidation sites excluding steroid dienone is 8. The molecular weight excluding hydrogens is 580 g/mol. The van der Waals surface area contributed by atoms with Crippen molar-refractivity contribution in [3.63, 3.8) is 0 Å². The molecule has 0 bridgehead atoms. The molecule has 230 valence electrons. The van der Waals surface area contributed by atoms with Gasteiger partial charge < -0.3 is 0 Å². The van der Waals surface area contributed by atoms with E-state index in [0.29, 0.717) is 0 Å². The Morgan fingerprint density at radius 3 is 1.37 bits per heavy atom. The third-order valence-corrected chi connectivity index (χ3v) is 13.7. The van der Waals surface area contributed by atoms with Crippen molar-refractivity contribution < 1.29 is 32.7 Å². The summed E-state index contributed by atoms with van der Waals surface area (Å²) in [7, 11) is 0. The second-order valence-electron chi connectivity index (χ2n) is 15.2. The molecule has 2 unspecified atom stereocenters. The van der Waals surface area contributed by atoms with Gasteiger partial charge in [0.1, 0.15) is 0 Å². The first-order valence-corrected chi connectivity index (χ1v) is 20.3. The van der Waals surface area contributed by atoms with Crippen LogP contribution in [0.2, 0.25) is 7.25 Å². The zero-order chi connectivity index (χ0) is 29.3. The Balaban J connectivity index is 1.28. The van der Waals surface area contributed by atoms with Crippen molar-refractivity contribution in [1.82, 2.24) is 0 Å². The SMILES string of the molecule is CC(C)(C)OCCCCCCC1=C[CH]([Zr][CH]2C=C(CCCCCCOC(C)(C)C)C3=C2CCCC3)C2=C1CCCC2. The van der Waals surface area contributed by atoms with Crippen LogP contribution in [0.5, 0.6) is 0 Å². The second-order valence-corrected chi connectivity index (χ2v) is 19.1. The molecule has 0 saturated carbocycles. The minimum absolute atomic E-state index is 0.00354. The molecule has 0 saturated heterocycles. The summed E-state index contributed by atoms with van der Waals surface area (Å²) in [6.45, 7) is 14.8. The van der Waals surface area contributed by atoms with Crippen LogP contribution in [0.15, 0.2) is 45.6 Å². The average molecular weight is 642 g/mol. The molecule has 0 fully saturated rings. The number of ether oxygens (including phenoxy) is 2. The molecule has 0 radical (unpaired) electrons. The van der Waals surface area contributed by atoms with Gasteiger partial charge in [0.15, 0.2) is 0 Å². The molecule has 0 aromatic carbocycles. The standard InChI is InChI=1S/2C19H31O.Zr/c2*1-19(2,3)20-15-9-5-4-6-10-16-13-14-17-11-7-8-12-18(16)17;/h2*13-14H,4-12,15H2,1-3H3;. The Bertz CT molecular complexity index is 889. The van der Waals surface area contributed by atoms with Crippen molar-refractivity contribution in [2.45, 2.75) is 176 Å². The first-order valence-electron chi connectivity index (χ1n) is 17.5. The molecule has 0 amide bonds. The Kier molecular flexibility index (Phi) is 13.3. The van der Waals surface area contributed by atoms with E-state index in [2.05, 4.69) is 53.7 Å². The quantitative estimate of drug-likeness (QED) is 0.156. The molecule has 0 heterocycles. The fourth-order valence-corrected chi connectivity index (χ4v) is 12.3. The van der Waals surface area contributed by atoms with E-state index in [4.69, 9.17) is 9.47 Å². The molecule has 3 heteroatoms. The van der Waals surface area contributed by atoms with Crippen LogP contribution in [0.25, 0.3) is 0 Å². The van der Waals surface area contributed by atoms with Gasteiger partial charge in [-0.05, 0) is 0 Å². The molecule has 0 aromatic heterocycles. The van der Waals surface area contributed by atoms with E-state index in [-0.39, 0.29) is 11.2 Å². The van der Waals surface area contributed by atoms with Crippen LogP contribution in [0.3, 0.4) is 0 Å². The molecule has 4 aliphatic carbocycles. The predicted octanol–water partition coefficient (Wildman–Crippen LogP) is 11.8. The molecule has 4 rings (SSSR count). The van der Waals surface area contributed by atoms with Crippen molar-refractivity contribution in [1.29, 1.82) is 0 Å². The zero-order valence-electron chi connectivity index (χ0n) is 27.8. The van der Waals surface area contributed by atoms with E-state index in [1.807, 2.05) is 22.3 Å². The number of hydrogen-bond acceptors (Lipinski definition) is 2.